The molecule has 11 aromatic rings. The van der Waals surface area contributed by atoms with Gasteiger partial charge < -0.3 is 14.5 Å². The van der Waals surface area contributed by atoms with Crippen molar-refractivity contribution in [1.82, 2.24) is 9.55 Å². The monoisotopic (exact) mass is 1100 g/mol. The number of rotatable bonds is 13. The Labute approximate surface area is 498 Å². The number of para-hydroxylation sites is 4. The third kappa shape index (κ3) is 9.19. The van der Waals surface area contributed by atoms with Gasteiger partial charge in [-0.15, -0.1) is 0 Å². The minimum absolute atomic E-state index is 0.0283. The first-order valence-electron chi connectivity index (χ1n) is 30.6. The molecule has 0 unspecified atom stereocenters. The summed E-state index contributed by atoms with van der Waals surface area (Å²) in [5.74, 6) is 3.41. The van der Waals surface area contributed by atoms with Gasteiger partial charge in [0.15, 0.2) is 0 Å². The third-order valence-electron chi connectivity index (χ3n) is 19.0. The molecule has 9 aromatic carbocycles. The highest BCUT2D eigenvalue weighted by Crippen LogP contribution is 2.64. The molecular formula is C79H78N4O. The first-order chi connectivity index (χ1) is 40.6. The number of aromatic nitrogens is 2. The molecule has 0 bridgehead atoms. The van der Waals surface area contributed by atoms with Gasteiger partial charge in [0.25, 0.3) is 0 Å². The van der Waals surface area contributed by atoms with Gasteiger partial charge in [0.1, 0.15) is 24.0 Å². The van der Waals surface area contributed by atoms with E-state index in [1.165, 1.54) is 73.1 Å². The zero-order chi connectivity index (χ0) is 58.1. The summed E-state index contributed by atoms with van der Waals surface area (Å²) in [5, 5.41) is 2.34. The van der Waals surface area contributed by atoms with Crippen LogP contribution in [0.5, 0.6) is 11.5 Å². The lowest BCUT2D eigenvalue weighted by atomic mass is 9.43. The maximum atomic E-state index is 7.43. The molecule has 1 aliphatic carbocycles. The minimum atomic E-state index is -0.269. The second-order valence-electron chi connectivity index (χ2n) is 25.9. The van der Waals surface area contributed by atoms with Crippen molar-refractivity contribution < 1.29 is 4.74 Å². The van der Waals surface area contributed by atoms with Gasteiger partial charge in [-0.05, 0) is 146 Å². The smallest absolute Gasteiger partial charge is 0.137 e. The molecule has 0 atom stereocenters. The molecule has 0 saturated heterocycles. The Hall–Kier alpha value is -8.67. The largest absolute Gasteiger partial charge is 0.457 e. The van der Waals surface area contributed by atoms with Crippen molar-refractivity contribution in [3.8, 4) is 50.7 Å². The van der Waals surface area contributed by atoms with Crippen LogP contribution in [-0.2, 0) is 5.41 Å². The summed E-state index contributed by atoms with van der Waals surface area (Å²) < 4.78 is 9.80. The summed E-state index contributed by atoms with van der Waals surface area (Å²) in [4.78, 5) is 10.3. The molecule has 13 rings (SSSR count). The van der Waals surface area contributed by atoms with Crippen LogP contribution in [0.15, 0.2) is 225 Å². The Balaban J connectivity index is 0.990. The van der Waals surface area contributed by atoms with Gasteiger partial charge in [-0.1, -0.05) is 227 Å². The van der Waals surface area contributed by atoms with Crippen LogP contribution >= 0.6 is 0 Å². The summed E-state index contributed by atoms with van der Waals surface area (Å²) in [7, 11) is 0. The van der Waals surface area contributed by atoms with Crippen LogP contribution in [-0.4, -0.2) is 16.2 Å². The fraction of sp³-hybridized carbons (Fsp3) is 0.253. The predicted octanol–water partition coefficient (Wildman–Crippen LogP) is 22.1. The lowest BCUT2D eigenvalue weighted by Gasteiger charge is -2.60. The molecule has 1 aliphatic heterocycles. The Morgan fingerprint density at radius 1 is 0.452 bits per heavy atom. The number of fused-ring (bicyclic) bond motifs is 4. The molecule has 1 saturated carbocycles. The first-order valence-corrected chi connectivity index (χ1v) is 30.6. The summed E-state index contributed by atoms with van der Waals surface area (Å²) in [6.45, 7) is 24.5. The van der Waals surface area contributed by atoms with E-state index in [1.54, 1.807) is 0 Å². The van der Waals surface area contributed by atoms with E-state index < -0.39 is 0 Å². The zero-order valence-corrected chi connectivity index (χ0v) is 50.6. The summed E-state index contributed by atoms with van der Waals surface area (Å²) in [6, 6.07) is 80.7. The lowest BCUT2D eigenvalue weighted by Crippen LogP contribution is -2.56. The predicted molar refractivity (Wildman–Crippen MR) is 354 cm³/mol. The molecule has 0 amide bonds. The van der Waals surface area contributed by atoms with Gasteiger partial charge in [-0.2, -0.15) is 0 Å². The Bertz CT molecular complexity index is 4120. The van der Waals surface area contributed by atoms with Crippen LogP contribution in [0.3, 0.4) is 0 Å². The van der Waals surface area contributed by atoms with Gasteiger partial charge in [0.2, 0.25) is 0 Å². The normalized spacial score (nSPS) is 15.4. The minimum Gasteiger partial charge on any atom is -0.457 e. The van der Waals surface area contributed by atoms with Crippen molar-refractivity contribution in [3.63, 3.8) is 0 Å². The number of benzene rings is 9. The van der Waals surface area contributed by atoms with E-state index in [9.17, 15) is 0 Å². The molecule has 0 N–H and O–H groups in total. The van der Waals surface area contributed by atoms with E-state index in [-0.39, 0.29) is 28.1 Å². The van der Waals surface area contributed by atoms with Crippen LogP contribution in [0.1, 0.15) is 134 Å². The maximum absolute atomic E-state index is 7.43. The molecule has 84 heavy (non-hydrogen) atoms. The quantitative estimate of drug-likeness (QED) is 0.115. The van der Waals surface area contributed by atoms with Crippen molar-refractivity contribution in [1.29, 1.82) is 0 Å². The second kappa shape index (κ2) is 21.5. The van der Waals surface area contributed by atoms with Crippen molar-refractivity contribution in [2.45, 2.75) is 112 Å². The second-order valence-corrected chi connectivity index (χ2v) is 25.9. The molecular weight excluding hydrogens is 1020 g/mol. The van der Waals surface area contributed by atoms with Crippen LogP contribution < -0.4 is 14.5 Å². The van der Waals surface area contributed by atoms with E-state index >= 15 is 0 Å². The number of hydrogen-bond acceptors (Lipinski definition) is 4. The van der Waals surface area contributed by atoms with Gasteiger partial charge in [-0.3, -0.25) is 4.57 Å². The maximum Gasteiger partial charge on any atom is 0.137 e. The molecule has 0 spiro atoms. The third-order valence-corrected chi connectivity index (χ3v) is 19.0. The topological polar surface area (TPSA) is 33.5 Å². The Kier molecular flexibility index (Phi) is 14.0. The number of hydrogen-bond donors (Lipinski definition) is 0. The number of anilines is 4. The molecule has 0 radical (unpaired) electrons. The number of ether oxygens (including phenoxy) is 1. The van der Waals surface area contributed by atoms with Crippen LogP contribution in [0.2, 0.25) is 0 Å². The molecule has 1 fully saturated rings. The fourth-order valence-corrected chi connectivity index (χ4v) is 15.2. The van der Waals surface area contributed by atoms with E-state index in [0.29, 0.717) is 12.6 Å². The number of pyridine rings is 1. The molecule has 5 nitrogen and oxygen atoms in total. The molecule has 3 heterocycles. The summed E-state index contributed by atoms with van der Waals surface area (Å²) in [5.41, 5.74) is 20.3. The van der Waals surface area contributed by atoms with Crippen LogP contribution in [0.4, 0.5) is 22.7 Å². The van der Waals surface area contributed by atoms with E-state index in [1.807, 2.05) is 0 Å². The van der Waals surface area contributed by atoms with Crippen molar-refractivity contribution in [2.24, 2.45) is 10.8 Å². The lowest BCUT2D eigenvalue weighted by molar-refractivity contribution is 0.00547. The van der Waals surface area contributed by atoms with E-state index in [4.69, 9.17) is 9.72 Å². The molecule has 2 aromatic heterocycles. The fourth-order valence-electron chi connectivity index (χ4n) is 15.2. The molecule has 420 valence electrons. The Morgan fingerprint density at radius 2 is 1.02 bits per heavy atom. The Morgan fingerprint density at radius 3 is 1.64 bits per heavy atom. The van der Waals surface area contributed by atoms with Gasteiger partial charge in [0, 0.05) is 51.3 Å². The average Bonchev–Trinajstić information content (AvgIpc) is 1.03. The van der Waals surface area contributed by atoms with E-state index in [2.05, 4.69) is 308 Å². The average molecular weight is 1100 g/mol. The highest BCUT2D eigenvalue weighted by molar-refractivity contribution is 6.09. The highest BCUT2D eigenvalue weighted by Gasteiger charge is 2.58. The molecule has 5 heteroatoms. The van der Waals surface area contributed by atoms with Crippen molar-refractivity contribution in [3.05, 3.63) is 252 Å². The van der Waals surface area contributed by atoms with Crippen LogP contribution in [0, 0.1) is 10.8 Å². The summed E-state index contributed by atoms with van der Waals surface area (Å²) in [6.07, 6.45) is 5.54. The SMILES string of the molecule is CC(C)c1cc(C(C)C)c(-c2cc(Oc3ccc4c5ccccc5n(-c5cc(C6(c7ccccc7)C(C)(C)CCCC6(C)C)ccn5)c4c3)cc(N3CN(c4c(-c5ccccc5)cccc4-c4ccccc4)c4ccccc43)c2)c(C(C)C)c1. The first kappa shape index (κ1) is 54.6. The molecule has 2 aliphatic rings. The van der Waals surface area contributed by atoms with E-state index in [0.717, 1.165) is 69.2 Å². The van der Waals surface area contributed by atoms with Crippen molar-refractivity contribution >= 4 is 44.6 Å². The zero-order valence-electron chi connectivity index (χ0n) is 50.6. The number of nitrogens with zero attached hydrogens (tertiary/aromatic N) is 4. The highest BCUT2D eigenvalue weighted by atomic mass is 16.5. The van der Waals surface area contributed by atoms with Gasteiger partial charge >= 0.3 is 0 Å². The van der Waals surface area contributed by atoms with Gasteiger partial charge in [-0.25, -0.2) is 4.98 Å². The van der Waals surface area contributed by atoms with Crippen molar-refractivity contribution in [2.75, 3.05) is 16.5 Å². The van der Waals surface area contributed by atoms with Gasteiger partial charge in [0.05, 0.1) is 28.1 Å². The standard InChI is InChI=1S/C79H78N4O/c1-52(2)57-46-68(53(3)4)75(69(47-57)54(5)6)58-44-61(81-51-82(72-37-23-22-36-71(72)81)76-64(55-26-14-11-15-27-55)33-24-34-65(76)56-28-16-12-17-29-56)49-63(45-58)84-62-38-39-67-66-32-20-21-35-70(66)83(73(67)50-62)74-48-60(40-43-80-74)79(59-30-18-13-19-31-59)77(7,8)41-25-42-78(79,9)10/h11-24,26-40,43-50,52-54H,25,41-42,51H2,1-10H3. The van der Waals surface area contributed by atoms with Crippen LogP contribution in [0.25, 0.3) is 61.0 Å². The summed E-state index contributed by atoms with van der Waals surface area (Å²) >= 11 is 0.